The summed E-state index contributed by atoms with van der Waals surface area (Å²) in [7, 11) is 0. The van der Waals surface area contributed by atoms with Gasteiger partial charge in [0.15, 0.2) is 0 Å². The number of aliphatic carboxylic acids is 1. The lowest BCUT2D eigenvalue weighted by atomic mass is 9.85. The number of carbonyl (C=O) groups excluding carboxylic acids is 2. The third-order valence-corrected chi connectivity index (χ3v) is 6.12. The van der Waals surface area contributed by atoms with Crippen molar-refractivity contribution < 1.29 is 29.0 Å². The number of amides is 2. The van der Waals surface area contributed by atoms with Crippen molar-refractivity contribution in [2.75, 3.05) is 6.54 Å². The Morgan fingerprint density at radius 3 is 2.49 bits per heavy atom. The van der Waals surface area contributed by atoms with E-state index in [1.165, 1.54) is 16.2 Å². The minimum atomic E-state index is -1.14. The number of aromatic nitrogens is 2. The van der Waals surface area contributed by atoms with Gasteiger partial charge in [0, 0.05) is 29.8 Å². The first-order valence-electron chi connectivity index (χ1n) is 11.3. The van der Waals surface area contributed by atoms with Gasteiger partial charge >= 0.3 is 12.1 Å². The second-order valence-corrected chi connectivity index (χ2v) is 11.4. The summed E-state index contributed by atoms with van der Waals surface area (Å²) in [5.41, 5.74) is -0.651. The van der Waals surface area contributed by atoms with E-state index in [0.29, 0.717) is 5.75 Å². The summed E-state index contributed by atoms with van der Waals surface area (Å²) in [5.74, 6) is -1.18. The Hall–Kier alpha value is -3.21. The van der Waals surface area contributed by atoms with Crippen LogP contribution in [0.5, 0.6) is 5.75 Å². The van der Waals surface area contributed by atoms with Crippen LogP contribution >= 0.6 is 11.3 Å². The zero-order valence-corrected chi connectivity index (χ0v) is 21.6. The number of thiazole rings is 1. The van der Waals surface area contributed by atoms with E-state index in [-0.39, 0.29) is 13.0 Å². The molecule has 2 aromatic rings. The van der Waals surface area contributed by atoms with Gasteiger partial charge < -0.3 is 24.8 Å². The predicted molar refractivity (Wildman–Crippen MR) is 130 cm³/mol. The third kappa shape index (κ3) is 6.91. The van der Waals surface area contributed by atoms with Gasteiger partial charge in [0.25, 0.3) is 0 Å². The molecule has 0 aliphatic carbocycles. The summed E-state index contributed by atoms with van der Waals surface area (Å²) in [4.78, 5) is 47.7. The number of ether oxygens (including phenoxy) is 2. The highest BCUT2D eigenvalue weighted by molar-refractivity contribution is 7.13. The first-order chi connectivity index (χ1) is 16.2. The van der Waals surface area contributed by atoms with E-state index in [2.05, 4.69) is 15.3 Å². The Bertz CT molecular complexity index is 1060. The van der Waals surface area contributed by atoms with Crippen molar-refractivity contribution in [3.05, 3.63) is 30.0 Å². The van der Waals surface area contributed by atoms with Gasteiger partial charge in [0.1, 0.15) is 34.5 Å². The second kappa shape index (κ2) is 10.2. The fourth-order valence-electron chi connectivity index (χ4n) is 3.76. The summed E-state index contributed by atoms with van der Waals surface area (Å²) in [6.07, 6.45) is 3.71. The molecule has 0 aromatic carbocycles. The molecule has 2 aromatic heterocycles. The van der Waals surface area contributed by atoms with Gasteiger partial charge in [-0.3, -0.25) is 9.78 Å². The summed E-state index contributed by atoms with van der Waals surface area (Å²) in [6, 6.07) is -0.297. The Morgan fingerprint density at radius 1 is 1.20 bits per heavy atom. The van der Waals surface area contributed by atoms with Crippen molar-refractivity contribution in [3.63, 3.8) is 0 Å². The lowest BCUT2D eigenvalue weighted by molar-refractivity contribution is -0.150. The molecule has 1 fully saturated rings. The molecule has 0 radical (unpaired) electrons. The highest BCUT2D eigenvalue weighted by Crippen LogP contribution is 2.30. The molecule has 35 heavy (non-hydrogen) atoms. The van der Waals surface area contributed by atoms with Crippen molar-refractivity contribution >= 4 is 29.3 Å². The average molecular weight is 505 g/mol. The third-order valence-electron chi connectivity index (χ3n) is 5.30. The summed E-state index contributed by atoms with van der Waals surface area (Å²) in [5, 5.41) is 15.1. The molecule has 2 amide bonds. The molecule has 11 heteroatoms. The Labute approximate surface area is 208 Å². The normalized spacial score (nSPS) is 19.2. The molecule has 1 saturated heterocycles. The van der Waals surface area contributed by atoms with E-state index in [0.717, 1.165) is 10.6 Å². The predicted octanol–water partition coefficient (Wildman–Crippen LogP) is 3.58. The number of carbonyl (C=O) groups is 3. The van der Waals surface area contributed by atoms with E-state index in [1.54, 1.807) is 66.2 Å². The van der Waals surface area contributed by atoms with Crippen molar-refractivity contribution in [1.82, 2.24) is 20.2 Å². The van der Waals surface area contributed by atoms with Gasteiger partial charge in [-0.2, -0.15) is 0 Å². The minimum Gasteiger partial charge on any atom is -0.487 e. The zero-order valence-electron chi connectivity index (χ0n) is 20.8. The fourth-order valence-corrected chi connectivity index (χ4v) is 4.38. The van der Waals surface area contributed by atoms with Crippen LogP contribution in [0.4, 0.5) is 4.79 Å². The van der Waals surface area contributed by atoms with Crippen LogP contribution < -0.4 is 10.1 Å². The number of nitrogens with one attached hydrogen (secondary N) is 1. The van der Waals surface area contributed by atoms with Crippen molar-refractivity contribution in [1.29, 1.82) is 0 Å². The van der Waals surface area contributed by atoms with Gasteiger partial charge in [-0.1, -0.05) is 20.8 Å². The molecule has 190 valence electrons. The SMILES string of the molecule is CC(C)(C)OC(=O)N[C@H](C(=O)N1C[C@H](Oc2cncc(-c3nccs3)c2)C[C@H]1C(=O)O)C(C)(C)C. The lowest BCUT2D eigenvalue weighted by Gasteiger charge is -2.35. The molecular formula is C24H32N4O6S. The molecule has 3 heterocycles. The van der Waals surface area contributed by atoms with Crippen LogP contribution in [0.15, 0.2) is 30.0 Å². The summed E-state index contributed by atoms with van der Waals surface area (Å²) < 4.78 is 11.4. The van der Waals surface area contributed by atoms with E-state index in [1.807, 2.05) is 5.38 Å². The number of hydrogen-bond acceptors (Lipinski definition) is 8. The van der Waals surface area contributed by atoms with Gasteiger partial charge in [0.2, 0.25) is 5.91 Å². The standard InChI is InChI=1S/C24H32N4O6S/c1-23(2,3)18(27-22(32)34-24(4,5)6)20(29)28-13-16(10-17(28)21(30)31)33-15-9-14(11-25-12-15)19-26-7-8-35-19/h7-9,11-12,16-18H,10,13H2,1-6H3,(H,27,32)(H,30,31)/t16-,17+,18-/m1/s1. The smallest absolute Gasteiger partial charge is 0.408 e. The maximum Gasteiger partial charge on any atom is 0.408 e. The molecule has 0 saturated carbocycles. The highest BCUT2D eigenvalue weighted by Gasteiger charge is 2.46. The quantitative estimate of drug-likeness (QED) is 0.610. The number of carboxylic acids is 1. The molecule has 3 atom stereocenters. The molecule has 3 rings (SSSR count). The van der Waals surface area contributed by atoms with Gasteiger partial charge in [-0.05, 0) is 32.3 Å². The number of hydrogen-bond donors (Lipinski definition) is 2. The number of nitrogens with zero attached hydrogens (tertiary/aromatic N) is 3. The van der Waals surface area contributed by atoms with E-state index in [9.17, 15) is 19.5 Å². The molecule has 0 unspecified atom stereocenters. The van der Waals surface area contributed by atoms with E-state index >= 15 is 0 Å². The lowest BCUT2D eigenvalue weighted by Crippen LogP contribution is -2.57. The molecule has 0 bridgehead atoms. The molecular weight excluding hydrogens is 472 g/mol. The first-order valence-corrected chi connectivity index (χ1v) is 12.2. The Balaban J connectivity index is 1.77. The van der Waals surface area contributed by atoms with Crippen LogP contribution in [-0.2, 0) is 14.3 Å². The largest absolute Gasteiger partial charge is 0.487 e. The van der Waals surface area contributed by atoms with Crippen LogP contribution in [0.2, 0.25) is 0 Å². The molecule has 1 aliphatic rings. The highest BCUT2D eigenvalue weighted by atomic mass is 32.1. The van der Waals surface area contributed by atoms with Crippen molar-refractivity contribution in [2.24, 2.45) is 5.41 Å². The monoisotopic (exact) mass is 504 g/mol. The Morgan fingerprint density at radius 2 is 1.91 bits per heavy atom. The maximum atomic E-state index is 13.5. The topological polar surface area (TPSA) is 131 Å². The summed E-state index contributed by atoms with van der Waals surface area (Å²) >= 11 is 1.47. The van der Waals surface area contributed by atoms with Crippen LogP contribution in [0.25, 0.3) is 10.6 Å². The number of alkyl carbamates (subject to hydrolysis) is 1. The fraction of sp³-hybridized carbons (Fsp3) is 0.542. The van der Waals surface area contributed by atoms with E-state index in [4.69, 9.17) is 9.47 Å². The number of pyridine rings is 1. The van der Waals surface area contributed by atoms with Crippen molar-refractivity contribution in [2.45, 2.75) is 71.8 Å². The number of rotatable bonds is 6. The maximum absolute atomic E-state index is 13.5. The zero-order chi connectivity index (χ0) is 26.0. The van der Waals surface area contributed by atoms with Gasteiger partial charge in [0.05, 0.1) is 12.7 Å². The molecule has 10 nitrogen and oxygen atoms in total. The second-order valence-electron chi connectivity index (χ2n) is 10.5. The minimum absolute atomic E-state index is 0.0554. The summed E-state index contributed by atoms with van der Waals surface area (Å²) in [6.45, 7) is 10.6. The van der Waals surface area contributed by atoms with Crippen LogP contribution in [0, 0.1) is 5.41 Å². The molecule has 0 spiro atoms. The average Bonchev–Trinajstić information content (AvgIpc) is 3.40. The van der Waals surface area contributed by atoms with Crippen LogP contribution in [0.1, 0.15) is 48.0 Å². The van der Waals surface area contributed by atoms with Crippen LogP contribution in [0.3, 0.4) is 0 Å². The Kier molecular flexibility index (Phi) is 7.68. The molecule has 2 N–H and O–H groups in total. The van der Waals surface area contributed by atoms with Crippen molar-refractivity contribution in [3.8, 4) is 16.3 Å². The number of likely N-dealkylation sites (tertiary alicyclic amines) is 1. The number of carboxylic acid groups (broad SMARTS) is 1. The molecule has 1 aliphatic heterocycles. The van der Waals surface area contributed by atoms with Gasteiger partial charge in [-0.15, -0.1) is 11.3 Å². The first kappa shape index (κ1) is 26.4. The van der Waals surface area contributed by atoms with Crippen LogP contribution in [-0.4, -0.2) is 68.3 Å². The van der Waals surface area contributed by atoms with E-state index < -0.39 is 47.2 Å². The van der Waals surface area contributed by atoms with Gasteiger partial charge in [-0.25, -0.2) is 14.6 Å².